The van der Waals surface area contributed by atoms with Crippen LogP contribution in [0.2, 0.25) is 0 Å². The minimum atomic E-state index is -0.532. The SMILES string of the molecule is OC(CNCc1ccccc1)c1ccc(-c2ccc(OCCN3CCOCC3)cc2)cc1. The quantitative estimate of drug-likeness (QED) is 0.509. The number of rotatable bonds is 10. The number of benzene rings is 3. The molecule has 0 aromatic heterocycles. The maximum Gasteiger partial charge on any atom is 0.119 e. The third-order valence-electron chi connectivity index (χ3n) is 5.77. The minimum absolute atomic E-state index is 0.519. The number of aliphatic hydroxyl groups excluding tert-OH is 1. The van der Waals surface area contributed by atoms with E-state index in [1.54, 1.807) is 0 Å². The Hall–Kier alpha value is -2.70. The van der Waals surface area contributed by atoms with Crippen molar-refractivity contribution >= 4 is 0 Å². The average Bonchev–Trinajstić information content (AvgIpc) is 2.86. The van der Waals surface area contributed by atoms with Gasteiger partial charge < -0.3 is 19.9 Å². The molecule has 1 saturated heterocycles. The fourth-order valence-electron chi connectivity index (χ4n) is 3.83. The zero-order chi connectivity index (χ0) is 22.0. The largest absolute Gasteiger partial charge is 0.492 e. The second-order valence-electron chi connectivity index (χ2n) is 8.08. The van der Waals surface area contributed by atoms with Crippen molar-refractivity contribution in [3.63, 3.8) is 0 Å². The van der Waals surface area contributed by atoms with Crippen LogP contribution < -0.4 is 10.1 Å². The highest BCUT2D eigenvalue weighted by atomic mass is 16.5. The van der Waals surface area contributed by atoms with Crippen LogP contribution in [-0.4, -0.2) is 56.0 Å². The Morgan fingerprint density at radius 1 is 0.875 bits per heavy atom. The van der Waals surface area contributed by atoms with Gasteiger partial charge in [-0.2, -0.15) is 0 Å². The minimum Gasteiger partial charge on any atom is -0.492 e. The van der Waals surface area contributed by atoms with E-state index in [1.165, 1.54) is 5.56 Å². The molecule has 5 nitrogen and oxygen atoms in total. The second-order valence-corrected chi connectivity index (χ2v) is 8.08. The Morgan fingerprint density at radius 3 is 2.22 bits per heavy atom. The van der Waals surface area contributed by atoms with Crippen LogP contribution in [0.15, 0.2) is 78.9 Å². The van der Waals surface area contributed by atoms with E-state index in [1.807, 2.05) is 42.5 Å². The summed E-state index contributed by atoms with van der Waals surface area (Å²) in [4.78, 5) is 2.37. The molecule has 1 heterocycles. The van der Waals surface area contributed by atoms with Crippen molar-refractivity contribution in [3.8, 4) is 16.9 Å². The van der Waals surface area contributed by atoms with Crippen LogP contribution in [0.5, 0.6) is 5.75 Å². The lowest BCUT2D eigenvalue weighted by molar-refractivity contribution is 0.0322. The van der Waals surface area contributed by atoms with E-state index in [-0.39, 0.29) is 0 Å². The average molecular weight is 433 g/mol. The summed E-state index contributed by atoms with van der Waals surface area (Å²) < 4.78 is 11.3. The number of nitrogens with zero attached hydrogens (tertiary/aromatic N) is 1. The van der Waals surface area contributed by atoms with Crippen LogP contribution in [0.3, 0.4) is 0 Å². The van der Waals surface area contributed by atoms with Crippen molar-refractivity contribution < 1.29 is 14.6 Å². The number of aliphatic hydroxyl groups is 1. The number of nitrogens with one attached hydrogen (secondary N) is 1. The van der Waals surface area contributed by atoms with Gasteiger partial charge in [0.15, 0.2) is 0 Å². The molecule has 1 aliphatic rings. The Balaban J connectivity index is 1.23. The Labute approximate surface area is 190 Å². The second kappa shape index (κ2) is 11.8. The lowest BCUT2D eigenvalue weighted by Crippen LogP contribution is -2.38. The van der Waals surface area contributed by atoms with Crippen molar-refractivity contribution in [2.75, 3.05) is 46.0 Å². The first-order valence-corrected chi connectivity index (χ1v) is 11.3. The molecule has 3 aromatic carbocycles. The molecule has 0 radical (unpaired) electrons. The lowest BCUT2D eigenvalue weighted by Gasteiger charge is -2.26. The fourth-order valence-corrected chi connectivity index (χ4v) is 3.83. The predicted molar refractivity (Wildman–Crippen MR) is 128 cm³/mol. The molecule has 0 amide bonds. The van der Waals surface area contributed by atoms with E-state index in [0.717, 1.165) is 61.8 Å². The highest BCUT2D eigenvalue weighted by Gasteiger charge is 2.10. The summed E-state index contributed by atoms with van der Waals surface area (Å²) in [6.45, 7) is 6.47. The van der Waals surface area contributed by atoms with Crippen LogP contribution in [0.1, 0.15) is 17.2 Å². The van der Waals surface area contributed by atoms with Crippen molar-refractivity contribution in [3.05, 3.63) is 90.0 Å². The van der Waals surface area contributed by atoms with Gasteiger partial charge in [0.2, 0.25) is 0 Å². The van der Waals surface area contributed by atoms with Gasteiger partial charge in [-0.15, -0.1) is 0 Å². The van der Waals surface area contributed by atoms with Gasteiger partial charge >= 0.3 is 0 Å². The van der Waals surface area contributed by atoms with Gasteiger partial charge in [-0.25, -0.2) is 0 Å². The first-order chi connectivity index (χ1) is 15.8. The molecule has 1 atom stereocenters. The Morgan fingerprint density at radius 2 is 1.53 bits per heavy atom. The molecule has 5 heteroatoms. The summed E-state index contributed by atoms with van der Waals surface area (Å²) in [7, 11) is 0. The van der Waals surface area contributed by atoms with Crippen molar-refractivity contribution in [2.24, 2.45) is 0 Å². The Bertz CT molecular complexity index is 923. The first-order valence-electron chi connectivity index (χ1n) is 11.3. The molecule has 1 fully saturated rings. The summed E-state index contributed by atoms with van der Waals surface area (Å²) in [6, 6.07) is 26.5. The fraction of sp³-hybridized carbons (Fsp3) is 0.333. The van der Waals surface area contributed by atoms with Gasteiger partial charge in [0, 0.05) is 32.7 Å². The molecule has 1 aliphatic heterocycles. The monoisotopic (exact) mass is 432 g/mol. The van der Waals surface area contributed by atoms with Gasteiger partial charge in [-0.3, -0.25) is 4.90 Å². The summed E-state index contributed by atoms with van der Waals surface area (Å²) in [5.41, 5.74) is 4.38. The Kier molecular flexibility index (Phi) is 8.29. The zero-order valence-electron chi connectivity index (χ0n) is 18.5. The molecule has 3 aromatic rings. The van der Waals surface area contributed by atoms with Gasteiger partial charge in [0.25, 0.3) is 0 Å². The van der Waals surface area contributed by atoms with Crippen LogP contribution in [0, 0.1) is 0 Å². The number of hydrogen-bond donors (Lipinski definition) is 2. The van der Waals surface area contributed by atoms with E-state index >= 15 is 0 Å². The summed E-state index contributed by atoms with van der Waals surface area (Å²) in [5.74, 6) is 0.888. The molecule has 0 aliphatic carbocycles. The first kappa shape index (κ1) is 22.5. The van der Waals surface area contributed by atoms with Crippen LogP contribution in [0.4, 0.5) is 0 Å². The lowest BCUT2D eigenvalue weighted by atomic mass is 10.0. The normalized spacial score (nSPS) is 15.4. The highest BCUT2D eigenvalue weighted by Crippen LogP contribution is 2.24. The van der Waals surface area contributed by atoms with E-state index in [9.17, 15) is 5.11 Å². The van der Waals surface area contributed by atoms with Crippen LogP contribution in [-0.2, 0) is 11.3 Å². The molecule has 32 heavy (non-hydrogen) atoms. The summed E-state index contributed by atoms with van der Waals surface area (Å²) >= 11 is 0. The van der Waals surface area contributed by atoms with Gasteiger partial charge in [-0.1, -0.05) is 66.7 Å². The molecule has 4 rings (SSSR count). The highest BCUT2D eigenvalue weighted by molar-refractivity contribution is 5.64. The van der Waals surface area contributed by atoms with Crippen molar-refractivity contribution in [1.29, 1.82) is 0 Å². The van der Waals surface area contributed by atoms with E-state index < -0.39 is 6.10 Å². The maximum absolute atomic E-state index is 10.5. The molecule has 0 bridgehead atoms. The standard InChI is InChI=1S/C27H32N2O3/c30-27(21-28-20-22-4-2-1-3-5-22)25-8-6-23(7-9-25)24-10-12-26(13-11-24)32-19-16-29-14-17-31-18-15-29/h1-13,27-28,30H,14-21H2. The third kappa shape index (κ3) is 6.65. The summed E-state index contributed by atoms with van der Waals surface area (Å²) in [6.07, 6.45) is -0.532. The van der Waals surface area contributed by atoms with E-state index in [2.05, 4.69) is 46.6 Å². The predicted octanol–water partition coefficient (Wildman–Crippen LogP) is 3.89. The van der Waals surface area contributed by atoms with Crippen molar-refractivity contribution in [1.82, 2.24) is 10.2 Å². The van der Waals surface area contributed by atoms with Gasteiger partial charge in [0.05, 0.1) is 19.3 Å². The third-order valence-corrected chi connectivity index (χ3v) is 5.77. The molecular weight excluding hydrogens is 400 g/mol. The van der Waals surface area contributed by atoms with E-state index in [4.69, 9.17) is 9.47 Å². The van der Waals surface area contributed by atoms with E-state index in [0.29, 0.717) is 13.2 Å². The van der Waals surface area contributed by atoms with Crippen molar-refractivity contribution in [2.45, 2.75) is 12.6 Å². The molecule has 0 saturated carbocycles. The van der Waals surface area contributed by atoms with Gasteiger partial charge in [0.1, 0.15) is 12.4 Å². The van der Waals surface area contributed by atoms with Gasteiger partial charge in [-0.05, 0) is 34.4 Å². The van der Waals surface area contributed by atoms with Crippen LogP contribution in [0.25, 0.3) is 11.1 Å². The zero-order valence-corrected chi connectivity index (χ0v) is 18.5. The smallest absolute Gasteiger partial charge is 0.119 e. The topological polar surface area (TPSA) is 54.0 Å². The molecule has 2 N–H and O–H groups in total. The van der Waals surface area contributed by atoms with Crippen LogP contribution >= 0.6 is 0 Å². The number of morpholine rings is 1. The molecule has 1 unspecified atom stereocenters. The number of ether oxygens (including phenoxy) is 2. The molecule has 0 spiro atoms. The maximum atomic E-state index is 10.5. The molecular formula is C27H32N2O3. The molecule has 168 valence electrons. The number of hydrogen-bond acceptors (Lipinski definition) is 5. The summed E-state index contributed by atoms with van der Waals surface area (Å²) in [5, 5.41) is 13.8.